The number of carboxylic acid groups (broad SMARTS) is 1. The molecule has 1 aliphatic rings. The summed E-state index contributed by atoms with van der Waals surface area (Å²) in [5.41, 5.74) is 0. The molecule has 0 aromatic carbocycles. The number of nitrogens with one attached hydrogen (secondary N) is 2. The highest BCUT2D eigenvalue weighted by molar-refractivity contribution is 7.88. The molecule has 1 amide bonds. The predicted molar refractivity (Wildman–Crippen MR) is 58.0 cm³/mol. The Labute approximate surface area is 104 Å². The predicted octanol–water partition coefficient (Wildman–Crippen LogP) is -1.19. The molecule has 104 valence electrons. The summed E-state index contributed by atoms with van der Waals surface area (Å²) in [5, 5.41) is 8.67. The monoisotopic (exact) mass is 282 g/mol. The molecule has 1 aliphatic heterocycles. The molecule has 0 bridgehead atoms. The summed E-state index contributed by atoms with van der Waals surface area (Å²) in [6.07, 6.45) is -1.80. The Morgan fingerprint density at radius 1 is 1.44 bits per heavy atom. The van der Waals surface area contributed by atoms with Gasteiger partial charge in [0.15, 0.2) is 6.10 Å². The largest absolute Gasteiger partial charge is 0.479 e. The fraction of sp³-hybridized carbons (Fsp3) is 0.750. The molecule has 9 nitrogen and oxygen atoms in total. The van der Waals surface area contributed by atoms with Gasteiger partial charge in [-0.2, -0.15) is 13.1 Å². The fourth-order valence-electron chi connectivity index (χ4n) is 1.43. The first-order valence-corrected chi connectivity index (χ1v) is 6.56. The van der Waals surface area contributed by atoms with Crippen molar-refractivity contribution in [3.8, 4) is 0 Å². The van der Waals surface area contributed by atoms with E-state index in [0.29, 0.717) is 12.8 Å². The SMILES string of the molecule is COC(=O)NS(=O)(=O)NCC1CCC(C(=O)O)O1. The van der Waals surface area contributed by atoms with Gasteiger partial charge in [-0.3, -0.25) is 0 Å². The molecule has 1 heterocycles. The lowest BCUT2D eigenvalue weighted by molar-refractivity contribution is -0.149. The molecule has 1 rings (SSSR count). The highest BCUT2D eigenvalue weighted by atomic mass is 32.2. The summed E-state index contributed by atoms with van der Waals surface area (Å²) >= 11 is 0. The number of carboxylic acids is 1. The minimum atomic E-state index is -4.02. The van der Waals surface area contributed by atoms with Gasteiger partial charge >= 0.3 is 22.3 Å². The van der Waals surface area contributed by atoms with Crippen LogP contribution in [0.3, 0.4) is 0 Å². The summed E-state index contributed by atoms with van der Waals surface area (Å²) in [4.78, 5) is 21.3. The number of aliphatic carboxylic acids is 1. The number of amides is 1. The molecule has 0 spiro atoms. The zero-order valence-electron chi connectivity index (χ0n) is 9.58. The van der Waals surface area contributed by atoms with Crippen LogP contribution in [0.25, 0.3) is 0 Å². The van der Waals surface area contributed by atoms with Gasteiger partial charge in [-0.25, -0.2) is 14.3 Å². The highest BCUT2D eigenvalue weighted by Gasteiger charge is 2.31. The molecule has 18 heavy (non-hydrogen) atoms. The molecule has 0 aromatic rings. The Morgan fingerprint density at radius 3 is 2.61 bits per heavy atom. The zero-order chi connectivity index (χ0) is 13.8. The van der Waals surface area contributed by atoms with E-state index in [0.717, 1.165) is 7.11 Å². The third-order valence-electron chi connectivity index (χ3n) is 2.29. The highest BCUT2D eigenvalue weighted by Crippen LogP contribution is 2.19. The van der Waals surface area contributed by atoms with Crippen LogP contribution in [0.2, 0.25) is 0 Å². The molecular formula is C8H14N2O7S. The number of carbonyl (C=O) groups excluding carboxylic acids is 1. The van der Waals surface area contributed by atoms with E-state index in [1.54, 1.807) is 4.72 Å². The third kappa shape index (κ3) is 4.47. The van der Waals surface area contributed by atoms with Crippen LogP contribution in [0.15, 0.2) is 0 Å². The van der Waals surface area contributed by atoms with E-state index >= 15 is 0 Å². The van der Waals surface area contributed by atoms with Crippen LogP contribution < -0.4 is 9.44 Å². The standard InChI is InChI=1S/C8H14N2O7S/c1-16-8(13)10-18(14,15)9-4-5-2-3-6(17-5)7(11)12/h5-6,9H,2-4H2,1H3,(H,10,13)(H,11,12). The van der Waals surface area contributed by atoms with Crippen LogP contribution in [0.1, 0.15) is 12.8 Å². The molecule has 3 N–H and O–H groups in total. The minimum Gasteiger partial charge on any atom is -0.479 e. The lowest BCUT2D eigenvalue weighted by Gasteiger charge is -2.12. The number of methoxy groups -OCH3 is 1. The first kappa shape index (κ1) is 14.7. The van der Waals surface area contributed by atoms with Gasteiger partial charge in [-0.1, -0.05) is 0 Å². The van der Waals surface area contributed by atoms with Gasteiger partial charge in [-0.15, -0.1) is 0 Å². The van der Waals surface area contributed by atoms with Gasteiger partial charge < -0.3 is 14.6 Å². The Balaban J connectivity index is 2.38. The van der Waals surface area contributed by atoms with Crippen molar-refractivity contribution in [3.05, 3.63) is 0 Å². The van der Waals surface area contributed by atoms with E-state index in [9.17, 15) is 18.0 Å². The average molecular weight is 282 g/mol. The molecule has 10 heteroatoms. The second-order valence-electron chi connectivity index (χ2n) is 3.61. The Hall–Kier alpha value is -1.39. The maximum absolute atomic E-state index is 11.3. The number of hydrogen-bond donors (Lipinski definition) is 3. The van der Waals surface area contributed by atoms with Crippen molar-refractivity contribution in [1.29, 1.82) is 0 Å². The fourth-order valence-corrected chi connectivity index (χ4v) is 2.21. The topological polar surface area (TPSA) is 131 Å². The van der Waals surface area contributed by atoms with Crippen LogP contribution in [0.5, 0.6) is 0 Å². The summed E-state index contributed by atoms with van der Waals surface area (Å²) in [7, 11) is -2.99. The van der Waals surface area contributed by atoms with Crippen molar-refractivity contribution in [2.24, 2.45) is 0 Å². The molecule has 0 aromatic heterocycles. The minimum absolute atomic E-state index is 0.115. The molecule has 1 fully saturated rings. The van der Waals surface area contributed by atoms with E-state index in [-0.39, 0.29) is 6.54 Å². The van der Waals surface area contributed by atoms with Gasteiger partial charge in [0.2, 0.25) is 0 Å². The van der Waals surface area contributed by atoms with Gasteiger partial charge in [0.05, 0.1) is 13.2 Å². The third-order valence-corrected chi connectivity index (χ3v) is 3.27. The van der Waals surface area contributed by atoms with E-state index in [1.165, 1.54) is 0 Å². The van der Waals surface area contributed by atoms with Gasteiger partial charge in [0.25, 0.3) is 0 Å². The normalized spacial score (nSPS) is 23.6. The number of hydrogen-bond acceptors (Lipinski definition) is 6. The Morgan fingerprint density at radius 2 is 2.11 bits per heavy atom. The summed E-state index contributed by atoms with van der Waals surface area (Å²) in [6.45, 7) is -0.115. The van der Waals surface area contributed by atoms with Crippen molar-refractivity contribution >= 4 is 22.3 Å². The quantitative estimate of drug-likeness (QED) is 0.577. The number of rotatable bonds is 5. The molecule has 0 radical (unpaired) electrons. The van der Waals surface area contributed by atoms with Crippen molar-refractivity contribution in [3.63, 3.8) is 0 Å². The van der Waals surface area contributed by atoms with Crippen LogP contribution in [-0.2, 0) is 24.5 Å². The molecular weight excluding hydrogens is 268 g/mol. The second-order valence-corrected chi connectivity index (χ2v) is 5.11. The van der Waals surface area contributed by atoms with E-state index < -0.39 is 34.5 Å². The van der Waals surface area contributed by atoms with Crippen molar-refractivity contribution in [2.75, 3.05) is 13.7 Å². The van der Waals surface area contributed by atoms with Crippen LogP contribution in [-0.4, -0.2) is 51.4 Å². The van der Waals surface area contributed by atoms with Crippen LogP contribution >= 0.6 is 0 Å². The van der Waals surface area contributed by atoms with Crippen molar-refractivity contribution in [1.82, 2.24) is 9.44 Å². The number of carbonyl (C=O) groups is 2. The Kier molecular flexibility index (Phi) is 4.87. The van der Waals surface area contributed by atoms with Gasteiger partial charge in [0.1, 0.15) is 0 Å². The summed E-state index contributed by atoms with van der Waals surface area (Å²) in [5.74, 6) is -1.08. The molecule has 1 saturated heterocycles. The number of ether oxygens (including phenoxy) is 2. The van der Waals surface area contributed by atoms with Gasteiger partial charge in [0, 0.05) is 6.54 Å². The maximum Gasteiger partial charge on any atom is 0.421 e. The van der Waals surface area contributed by atoms with E-state index in [4.69, 9.17) is 9.84 Å². The molecule has 2 unspecified atom stereocenters. The Bertz CT molecular complexity index is 421. The summed E-state index contributed by atoms with van der Waals surface area (Å²) in [6, 6.07) is 0. The first-order valence-electron chi connectivity index (χ1n) is 5.07. The molecule has 0 saturated carbocycles. The lowest BCUT2D eigenvalue weighted by Crippen LogP contribution is -2.43. The zero-order valence-corrected chi connectivity index (χ0v) is 10.4. The van der Waals surface area contributed by atoms with Gasteiger partial charge in [-0.05, 0) is 12.8 Å². The maximum atomic E-state index is 11.3. The van der Waals surface area contributed by atoms with Crippen molar-refractivity contribution < 1.29 is 32.6 Å². The van der Waals surface area contributed by atoms with Crippen molar-refractivity contribution in [2.45, 2.75) is 25.0 Å². The van der Waals surface area contributed by atoms with E-state index in [2.05, 4.69) is 9.46 Å². The average Bonchev–Trinajstić information content (AvgIpc) is 2.74. The smallest absolute Gasteiger partial charge is 0.421 e. The van der Waals surface area contributed by atoms with E-state index in [1.807, 2.05) is 0 Å². The first-order chi connectivity index (χ1) is 8.34. The lowest BCUT2D eigenvalue weighted by atomic mass is 10.2. The second kappa shape index (κ2) is 5.98. The summed E-state index contributed by atoms with van der Waals surface area (Å²) < 4.78 is 35.4. The van der Waals surface area contributed by atoms with Crippen LogP contribution in [0, 0.1) is 0 Å². The van der Waals surface area contributed by atoms with Crippen LogP contribution in [0.4, 0.5) is 4.79 Å². The molecule has 2 atom stereocenters. The molecule has 0 aliphatic carbocycles.